The van der Waals surface area contributed by atoms with E-state index in [0.29, 0.717) is 5.75 Å². The Morgan fingerprint density at radius 2 is 1.45 bits per heavy atom. The number of aliphatic hydroxyl groups is 1. The van der Waals surface area contributed by atoms with Gasteiger partial charge < -0.3 is 9.84 Å². The molecule has 2 heteroatoms. The van der Waals surface area contributed by atoms with Crippen LogP contribution >= 0.6 is 0 Å². The Morgan fingerprint density at radius 1 is 0.900 bits per heavy atom. The zero-order valence-electron chi connectivity index (χ0n) is 12.6. The Morgan fingerprint density at radius 3 is 2.05 bits per heavy atom. The van der Waals surface area contributed by atoms with E-state index in [1.165, 1.54) is 0 Å². The van der Waals surface area contributed by atoms with E-state index < -0.39 is 6.10 Å². The molecule has 0 saturated carbocycles. The summed E-state index contributed by atoms with van der Waals surface area (Å²) in [5, 5.41) is 9.83. The topological polar surface area (TPSA) is 29.5 Å². The molecule has 0 aliphatic carbocycles. The third-order valence-corrected chi connectivity index (χ3v) is 3.28. The van der Waals surface area contributed by atoms with Crippen LogP contribution in [-0.2, 0) is 5.41 Å². The summed E-state index contributed by atoms with van der Waals surface area (Å²) in [7, 11) is 0. The molecule has 1 atom stereocenters. The summed E-state index contributed by atoms with van der Waals surface area (Å²) in [6.45, 7) is 8.24. The van der Waals surface area contributed by atoms with Gasteiger partial charge >= 0.3 is 0 Å². The molecule has 0 bridgehead atoms. The van der Waals surface area contributed by atoms with Crippen LogP contribution in [0.1, 0.15) is 44.9 Å². The number of para-hydroxylation sites is 2. The second kappa shape index (κ2) is 5.68. The van der Waals surface area contributed by atoms with Crippen molar-refractivity contribution in [2.75, 3.05) is 0 Å². The number of hydrogen-bond acceptors (Lipinski definition) is 2. The van der Waals surface area contributed by atoms with Crippen molar-refractivity contribution in [3.8, 4) is 11.5 Å². The Hall–Kier alpha value is -1.80. The minimum atomic E-state index is -0.548. The first kappa shape index (κ1) is 14.6. The van der Waals surface area contributed by atoms with Gasteiger partial charge in [0.1, 0.15) is 11.5 Å². The summed E-state index contributed by atoms with van der Waals surface area (Å²) >= 11 is 0. The average Bonchev–Trinajstić information content (AvgIpc) is 2.38. The molecule has 0 fully saturated rings. The van der Waals surface area contributed by atoms with Crippen LogP contribution < -0.4 is 4.74 Å². The number of aliphatic hydroxyl groups excluding tert-OH is 1. The van der Waals surface area contributed by atoms with Gasteiger partial charge in [-0.15, -0.1) is 0 Å². The smallest absolute Gasteiger partial charge is 0.133 e. The molecule has 0 spiro atoms. The van der Waals surface area contributed by atoms with Crippen LogP contribution in [-0.4, -0.2) is 5.11 Å². The predicted octanol–water partition coefficient (Wildman–Crippen LogP) is 4.83. The average molecular weight is 270 g/mol. The summed E-state index contributed by atoms with van der Waals surface area (Å²) < 4.78 is 6.07. The van der Waals surface area contributed by atoms with E-state index in [2.05, 4.69) is 26.8 Å². The van der Waals surface area contributed by atoms with Crippen molar-refractivity contribution in [3.05, 3.63) is 59.7 Å². The van der Waals surface area contributed by atoms with Gasteiger partial charge in [0.05, 0.1) is 6.10 Å². The minimum Gasteiger partial charge on any atom is -0.457 e. The van der Waals surface area contributed by atoms with E-state index in [0.717, 1.165) is 16.9 Å². The third kappa shape index (κ3) is 3.20. The van der Waals surface area contributed by atoms with Crippen molar-refractivity contribution in [2.45, 2.75) is 39.2 Å². The fraction of sp³-hybridized carbons (Fsp3) is 0.333. The van der Waals surface area contributed by atoms with Crippen molar-refractivity contribution >= 4 is 0 Å². The molecule has 1 N–H and O–H groups in total. The molecule has 2 nitrogen and oxygen atoms in total. The molecule has 0 heterocycles. The van der Waals surface area contributed by atoms with Crippen LogP contribution in [0.25, 0.3) is 0 Å². The Kier molecular flexibility index (Phi) is 4.15. The Bertz CT molecular complexity index is 580. The maximum Gasteiger partial charge on any atom is 0.133 e. The molecule has 2 aromatic carbocycles. The van der Waals surface area contributed by atoms with Crippen LogP contribution in [0.5, 0.6) is 11.5 Å². The number of hydrogen-bond donors (Lipinski definition) is 1. The van der Waals surface area contributed by atoms with E-state index in [9.17, 15) is 5.11 Å². The van der Waals surface area contributed by atoms with Gasteiger partial charge in [0.25, 0.3) is 0 Å². The highest BCUT2D eigenvalue weighted by Gasteiger charge is 2.19. The van der Waals surface area contributed by atoms with Crippen molar-refractivity contribution in [1.82, 2.24) is 0 Å². The first-order valence-corrected chi connectivity index (χ1v) is 6.94. The lowest BCUT2D eigenvalue weighted by molar-refractivity contribution is 0.195. The van der Waals surface area contributed by atoms with E-state index in [4.69, 9.17) is 4.74 Å². The highest BCUT2D eigenvalue weighted by molar-refractivity contribution is 5.44. The maximum atomic E-state index is 9.83. The molecule has 2 rings (SSSR count). The molecule has 0 aromatic heterocycles. The number of benzene rings is 2. The molecular formula is C18H22O2. The van der Waals surface area contributed by atoms with Gasteiger partial charge in [-0.1, -0.05) is 57.2 Å². The van der Waals surface area contributed by atoms with Gasteiger partial charge in [0.15, 0.2) is 0 Å². The summed E-state index contributed by atoms with van der Waals surface area (Å²) in [6, 6.07) is 15.6. The summed E-state index contributed by atoms with van der Waals surface area (Å²) in [6.07, 6.45) is -0.548. The predicted molar refractivity (Wildman–Crippen MR) is 82.3 cm³/mol. The van der Waals surface area contributed by atoms with E-state index in [-0.39, 0.29) is 5.41 Å². The molecule has 0 saturated heterocycles. The standard InChI is InChI=1S/C18H22O2/c1-13(19)14-9-5-7-11-16(14)20-17-12-8-6-10-15(17)18(2,3)4/h5-13,19H,1-4H3/t13-/m1/s1. The van der Waals surface area contributed by atoms with Crippen LogP contribution in [0.15, 0.2) is 48.5 Å². The SMILES string of the molecule is C[C@@H](O)c1ccccc1Oc1ccccc1C(C)(C)C. The fourth-order valence-electron chi connectivity index (χ4n) is 2.21. The van der Waals surface area contributed by atoms with E-state index in [1.54, 1.807) is 6.92 Å². The second-order valence-corrected chi connectivity index (χ2v) is 6.06. The molecule has 0 aliphatic rings. The second-order valence-electron chi connectivity index (χ2n) is 6.06. The van der Waals surface area contributed by atoms with E-state index in [1.807, 2.05) is 42.5 Å². The molecule has 0 aliphatic heterocycles. The van der Waals surface area contributed by atoms with Gasteiger partial charge in [0, 0.05) is 11.1 Å². The first-order chi connectivity index (χ1) is 9.39. The monoisotopic (exact) mass is 270 g/mol. The molecule has 2 aromatic rings. The van der Waals surface area contributed by atoms with Crippen molar-refractivity contribution < 1.29 is 9.84 Å². The molecule has 106 valence electrons. The Labute approximate surface area is 121 Å². The van der Waals surface area contributed by atoms with Crippen molar-refractivity contribution in [2.24, 2.45) is 0 Å². The minimum absolute atomic E-state index is 0.0103. The molecule has 0 radical (unpaired) electrons. The summed E-state index contributed by atoms with van der Waals surface area (Å²) in [5.74, 6) is 1.55. The van der Waals surface area contributed by atoms with Crippen molar-refractivity contribution in [3.63, 3.8) is 0 Å². The fourth-order valence-corrected chi connectivity index (χ4v) is 2.21. The Balaban J connectivity index is 2.41. The lowest BCUT2D eigenvalue weighted by Crippen LogP contribution is -2.12. The number of rotatable bonds is 3. The van der Waals surface area contributed by atoms with Crippen LogP contribution in [0.2, 0.25) is 0 Å². The van der Waals surface area contributed by atoms with Crippen LogP contribution in [0.3, 0.4) is 0 Å². The van der Waals surface area contributed by atoms with Crippen LogP contribution in [0.4, 0.5) is 0 Å². The van der Waals surface area contributed by atoms with Gasteiger partial charge in [-0.05, 0) is 24.5 Å². The van der Waals surface area contributed by atoms with Crippen LogP contribution in [0, 0.1) is 0 Å². The maximum absolute atomic E-state index is 9.83. The largest absolute Gasteiger partial charge is 0.457 e. The molecule has 20 heavy (non-hydrogen) atoms. The van der Waals surface area contributed by atoms with Gasteiger partial charge in [-0.2, -0.15) is 0 Å². The van der Waals surface area contributed by atoms with Gasteiger partial charge in [-0.25, -0.2) is 0 Å². The summed E-state index contributed by atoms with van der Waals surface area (Å²) in [4.78, 5) is 0. The highest BCUT2D eigenvalue weighted by Crippen LogP contribution is 2.36. The molecule has 0 amide bonds. The van der Waals surface area contributed by atoms with Gasteiger partial charge in [0.2, 0.25) is 0 Å². The van der Waals surface area contributed by atoms with E-state index >= 15 is 0 Å². The first-order valence-electron chi connectivity index (χ1n) is 6.94. The van der Waals surface area contributed by atoms with Crippen molar-refractivity contribution in [1.29, 1.82) is 0 Å². The zero-order valence-corrected chi connectivity index (χ0v) is 12.6. The molecular weight excluding hydrogens is 248 g/mol. The normalized spacial score (nSPS) is 13.1. The lowest BCUT2D eigenvalue weighted by atomic mass is 9.86. The quantitative estimate of drug-likeness (QED) is 0.865. The van der Waals surface area contributed by atoms with Gasteiger partial charge in [-0.3, -0.25) is 0 Å². The lowest BCUT2D eigenvalue weighted by Gasteiger charge is -2.23. The highest BCUT2D eigenvalue weighted by atomic mass is 16.5. The zero-order chi connectivity index (χ0) is 14.8. The molecule has 0 unspecified atom stereocenters. The number of ether oxygens (including phenoxy) is 1. The third-order valence-electron chi connectivity index (χ3n) is 3.28. The summed E-state index contributed by atoms with van der Waals surface area (Å²) in [5.41, 5.74) is 1.97.